The first-order valence-electron chi connectivity index (χ1n) is 12.1. The second-order valence-electron chi connectivity index (χ2n) is 7.26. The fraction of sp³-hybridized carbons (Fsp3) is 0.909. The molecular formula is C22H42LiO16P. The summed E-state index contributed by atoms with van der Waals surface area (Å²) in [5.74, 6) is -1.60. The first-order valence-corrected chi connectivity index (χ1v) is 13.6. The molecule has 0 aliphatic heterocycles. The molecule has 0 aromatic carbocycles. The summed E-state index contributed by atoms with van der Waals surface area (Å²) in [5, 5.41) is 0. The summed E-state index contributed by atoms with van der Waals surface area (Å²) in [4.78, 5) is 35.4. The van der Waals surface area contributed by atoms with Gasteiger partial charge in [-0.25, -0.2) is 9.59 Å². The largest absolute Gasteiger partial charge is 1.00 e. The van der Waals surface area contributed by atoms with Crippen LogP contribution in [0.2, 0.25) is 0 Å². The maximum absolute atomic E-state index is 12.1. The fourth-order valence-corrected chi connectivity index (χ4v) is 2.72. The third kappa shape index (κ3) is 28.8. The van der Waals surface area contributed by atoms with E-state index in [1.54, 1.807) is 14.2 Å². The van der Waals surface area contributed by atoms with Crippen LogP contribution in [0.5, 0.6) is 0 Å². The predicted molar refractivity (Wildman–Crippen MR) is 130 cm³/mol. The van der Waals surface area contributed by atoms with E-state index in [-0.39, 0.29) is 45.3 Å². The second kappa shape index (κ2) is 29.8. The fourth-order valence-electron chi connectivity index (χ4n) is 2.27. The van der Waals surface area contributed by atoms with Gasteiger partial charge in [0.05, 0.1) is 85.9 Å². The van der Waals surface area contributed by atoms with Crippen molar-refractivity contribution in [2.45, 2.75) is 6.10 Å². The van der Waals surface area contributed by atoms with E-state index in [9.17, 15) is 19.0 Å². The van der Waals surface area contributed by atoms with Gasteiger partial charge in [0.1, 0.15) is 19.8 Å². The number of esters is 2. The van der Waals surface area contributed by atoms with Crippen molar-refractivity contribution in [2.75, 3.05) is 127 Å². The molecule has 2 atom stereocenters. The Hall–Kier alpha value is -0.673. The van der Waals surface area contributed by atoms with Crippen LogP contribution in [0.25, 0.3) is 0 Å². The number of hydrogen-bond acceptors (Lipinski definition) is 16. The van der Waals surface area contributed by atoms with Crippen molar-refractivity contribution in [2.24, 2.45) is 0 Å². The van der Waals surface area contributed by atoms with Crippen LogP contribution >= 0.6 is 7.82 Å². The quantitative estimate of drug-likeness (QED) is 0.0349. The van der Waals surface area contributed by atoms with E-state index >= 15 is 0 Å². The normalized spacial score (nSPS) is 13.3. The average Bonchev–Trinajstić information content (AvgIpc) is 2.92. The molecule has 0 saturated carbocycles. The van der Waals surface area contributed by atoms with E-state index in [1.165, 1.54) is 0 Å². The third-order valence-corrected chi connectivity index (χ3v) is 5.07. The molecule has 0 heterocycles. The molecule has 0 aliphatic rings. The molecular weight excluding hydrogens is 558 g/mol. The van der Waals surface area contributed by atoms with E-state index in [0.717, 1.165) is 7.11 Å². The van der Waals surface area contributed by atoms with Crippen molar-refractivity contribution >= 4 is 19.8 Å². The predicted octanol–water partition coefficient (Wildman–Crippen LogP) is -4.03. The number of carbonyl (C=O) groups is 2. The molecule has 0 aromatic heterocycles. The van der Waals surface area contributed by atoms with Gasteiger partial charge in [0.2, 0.25) is 0 Å². The van der Waals surface area contributed by atoms with E-state index in [0.29, 0.717) is 52.9 Å². The van der Waals surface area contributed by atoms with Crippen LogP contribution < -0.4 is 23.8 Å². The summed E-state index contributed by atoms with van der Waals surface area (Å²) in [6.07, 6.45) is -1.25. The Morgan fingerprint density at radius 1 is 0.625 bits per heavy atom. The standard InChI is InChI=1S/C22H43O16P.Li/c1-27-4-6-30-8-10-32-12-14-34-18-21(23)36-16-20(17-37-39(25,26)29-3)38-22(24)19-35-15-13-33-11-9-31-7-5-28-2;/h20H,4-19H2,1-3H3,(H,25,26);/q;+1/p-1. The number of phosphoric ester groups is 1. The van der Waals surface area contributed by atoms with Gasteiger partial charge in [-0.2, -0.15) is 0 Å². The number of phosphoric acid groups is 1. The molecule has 16 nitrogen and oxygen atoms in total. The first-order chi connectivity index (χ1) is 18.8. The number of methoxy groups -OCH3 is 2. The van der Waals surface area contributed by atoms with Crippen LogP contribution in [-0.4, -0.2) is 145 Å². The van der Waals surface area contributed by atoms with Gasteiger partial charge in [0, 0.05) is 21.3 Å². The number of hydrogen-bond donors (Lipinski definition) is 0. The molecule has 0 aliphatic carbocycles. The maximum Gasteiger partial charge on any atom is 1.00 e. The number of ether oxygens (including phenoxy) is 10. The molecule has 0 radical (unpaired) electrons. The van der Waals surface area contributed by atoms with Crippen molar-refractivity contribution in [1.82, 2.24) is 0 Å². The van der Waals surface area contributed by atoms with Gasteiger partial charge in [0.25, 0.3) is 7.82 Å². The molecule has 0 aromatic rings. The Morgan fingerprint density at radius 3 is 1.45 bits per heavy atom. The van der Waals surface area contributed by atoms with Crippen molar-refractivity contribution in [3.63, 3.8) is 0 Å². The van der Waals surface area contributed by atoms with E-state index in [1.807, 2.05) is 0 Å². The summed E-state index contributed by atoms with van der Waals surface area (Å²) in [6, 6.07) is 0. The molecule has 0 bridgehead atoms. The van der Waals surface area contributed by atoms with Gasteiger partial charge in [-0.05, 0) is 0 Å². The minimum absolute atomic E-state index is 0. The van der Waals surface area contributed by atoms with Crippen molar-refractivity contribution in [1.29, 1.82) is 0 Å². The smallest absolute Gasteiger partial charge is 0.756 e. The van der Waals surface area contributed by atoms with E-state index in [2.05, 4.69) is 9.05 Å². The van der Waals surface area contributed by atoms with Gasteiger partial charge in [-0.1, -0.05) is 0 Å². The molecule has 0 amide bonds. The Kier molecular flexibility index (Phi) is 30.9. The van der Waals surface area contributed by atoms with Crippen LogP contribution in [0.4, 0.5) is 0 Å². The monoisotopic (exact) mass is 600 g/mol. The van der Waals surface area contributed by atoms with Gasteiger partial charge in [-0.15, -0.1) is 0 Å². The van der Waals surface area contributed by atoms with Crippen molar-refractivity contribution in [3.05, 3.63) is 0 Å². The molecule has 2 unspecified atom stereocenters. The second-order valence-corrected chi connectivity index (χ2v) is 8.78. The van der Waals surface area contributed by atoms with E-state index < -0.39 is 52.3 Å². The minimum atomic E-state index is -4.60. The zero-order chi connectivity index (χ0) is 29.0. The summed E-state index contributed by atoms with van der Waals surface area (Å²) in [7, 11) is -0.543. The van der Waals surface area contributed by atoms with Crippen LogP contribution in [-0.2, 0) is 70.6 Å². The first kappa shape index (κ1) is 41.5. The zero-order valence-electron chi connectivity index (χ0n) is 23.9. The Labute approximate surface area is 247 Å². The van der Waals surface area contributed by atoms with Gasteiger partial charge in [-0.3, -0.25) is 4.57 Å². The Bertz CT molecular complexity index is 644. The molecule has 0 fully saturated rings. The van der Waals surface area contributed by atoms with Crippen molar-refractivity contribution < 1.29 is 94.3 Å². The van der Waals surface area contributed by atoms with Gasteiger partial charge < -0.3 is 61.3 Å². The average molecular weight is 600 g/mol. The molecule has 0 rings (SSSR count). The maximum atomic E-state index is 12.1. The van der Waals surface area contributed by atoms with Crippen molar-refractivity contribution in [3.8, 4) is 0 Å². The van der Waals surface area contributed by atoms with Crippen LogP contribution in [0.3, 0.4) is 0 Å². The molecule has 18 heteroatoms. The minimum Gasteiger partial charge on any atom is -0.756 e. The SMILES string of the molecule is COCCOCCOCCOCC(=O)OCC(COP(=O)([O-])OC)OC(=O)COCCOCCOCCOC.[Li+]. The Balaban J connectivity index is 0. The number of rotatable bonds is 29. The molecule has 0 spiro atoms. The number of carbonyl (C=O) groups excluding carboxylic acids is 2. The summed E-state index contributed by atoms with van der Waals surface area (Å²) >= 11 is 0. The molecule has 0 saturated heterocycles. The van der Waals surface area contributed by atoms with Crippen LogP contribution in [0.15, 0.2) is 0 Å². The van der Waals surface area contributed by atoms with Gasteiger partial charge in [0.15, 0.2) is 6.10 Å². The third-order valence-electron chi connectivity index (χ3n) is 4.16. The van der Waals surface area contributed by atoms with E-state index in [4.69, 9.17) is 47.4 Å². The zero-order valence-corrected chi connectivity index (χ0v) is 24.8. The van der Waals surface area contributed by atoms with Crippen LogP contribution in [0.1, 0.15) is 0 Å². The Morgan fingerprint density at radius 2 is 1.02 bits per heavy atom. The molecule has 40 heavy (non-hydrogen) atoms. The van der Waals surface area contributed by atoms with Gasteiger partial charge >= 0.3 is 30.8 Å². The topological polar surface area (TPSA) is 185 Å². The summed E-state index contributed by atoms with van der Waals surface area (Å²) in [6.45, 7) is 2.12. The molecule has 0 N–H and O–H groups in total. The van der Waals surface area contributed by atoms with Crippen LogP contribution in [0, 0.1) is 0 Å². The summed E-state index contributed by atoms with van der Waals surface area (Å²) < 4.78 is 71.3. The molecule has 232 valence electrons. The summed E-state index contributed by atoms with van der Waals surface area (Å²) in [5.41, 5.74) is 0.